The van der Waals surface area contributed by atoms with Gasteiger partial charge in [0.05, 0.1) is 17.6 Å². The van der Waals surface area contributed by atoms with E-state index in [0.717, 1.165) is 67.6 Å². The van der Waals surface area contributed by atoms with Crippen LogP contribution in [0.1, 0.15) is 60.7 Å². The molecule has 0 saturated carbocycles. The number of aliphatic carboxylic acids is 1. The fourth-order valence-corrected chi connectivity index (χ4v) is 6.69. The Morgan fingerprint density at radius 2 is 1.90 bits per heavy atom. The molecule has 0 unspecified atom stereocenters. The van der Waals surface area contributed by atoms with Gasteiger partial charge in [-0.2, -0.15) is 0 Å². The molecule has 0 saturated heterocycles. The molecule has 4 aromatic rings. The average Bonchev–Trinajstić information content (AvgIpc) is 3.36. The summed E-state index contributed by atoms with van der Waals surface area (Å²) in [7, 11) is 0. The van der Waals surface area contributed by atoms with Gasteiger partial charge in [-0.3, -0.25) is 0 Å². The molecule has 0 bridgehead atoms. The summed E-state index contributed by atoms with van der Waals surface area (Å²) in [6.45, 7) is 6.13. The van der Waals surface area contributed by atoms with Crippen LogP contribution >= 0.6 is 0 Å². The first kappa shape index (κ1) is 29.0. The number of aromatic nitrogens is 2. The lowest BCUT2D eigenvalue weighted by molar-refractivity contribution is -0.144. The number of hydrogen-bond acceptors (Lipinski definition) is 4. The van der Waals surface area contributed by atoms with Crippen LogP contribution in [0.15, 0.2) is 66.7 Å². The molecule has 0 aliphatic heterocycles. The topological polar surface area (TPSA) is 87.2 Å². The molecule has 41 heavy (non-hydrogen) atoms. The molecule has 1 aliphatic carbocycles. The standard InChI is InChI=1S/C34H40FN3O3/c1-23(2)33-28-12-11-27(35)20-26(28)13-15-34(33,22-41-21-32(39)40)16-18-36-17-14-24-7-9-25(10-8-24)19-31-37-29-5-3-4-6-30(29)38-31/h3-12,20,23,33,36H,13-19,21-22H2,1-2H3,(H,37,38)(H,39,40)/t33-,34+/m0/s1. The van der Waals surface area contributed by atoms with Gasteiger partial charge in [-0.25, -0.2) is 14.2 Å². The maximum Gasteiger partial charge on any atom is 0.329 e. The number of carboxylic acids is 1. The molecule has 5 rings (SSSR count). The lowest BCUT2D eigenvalue weighted by Crippen LogP contribution is -2.43. The zero-order chi connectivity index (χ0) is 28.8. The van der Waals surface area contributed by atoms with Gasteiger partial charge < -0.3 is 20.1 Å². The van der Waals surface area contributed by atoms with Crippen molar-refractivity contribution in [1.82, 2.24) is 15.3 Å². The van der Waals surface area contributed by atoms with Crippen molar-refractivity contribution in [3.05, 3.63) is 101 Å². The third kappa shape index (κ3) is 7.03. The Balaban J connectivity index is 1.17. The number of aromatic amines is 1. The quantitative estimate of drug-likeness (QED) is 0.168. The predicted molar refractivity (Wildman–Crippen MR) is 160 cm³/mol. The summed E-state index contributed by atoms with van der Waals surface area (Å²) < 4.78 is 19.7. The number of ether oxygens (including phenoxy) is 1. The molecule has 3 N–H and O–H groups in total. The third-order valence-corrected chi connectivity index (χ3v) is 8.50. The number of benzene rings is 3. The largest absolute Gasteiger partial charge is 0.480 e. The van der Waals surface area contributed by atoms with Gasteiger partial charge in [0.1, 0.15) is 18.2 Å². The Bertz CT molecular complexity index is 1430. The van der Waals surface area contributed by atoms with Gasteiger partial charge in [0.15, 0.2) is 0 Å². The molecule has 216 valence electrons. The van der Waals surface area contributed by atoms with Crippen molar-refractivity contribution >= 4 is 17.0 Å². The molecule has 0 amide bonds. The van der Waals surface area contributed by atoms with Crippen LogP contribution in [0.3, 0.4) is 0 Å². The average molecular weight is 558 g/mol. The van der Waals surface area contributed by atoms with Crippen LogP contribution in [0, 0.1) is 17.2 Å². The highest BCUT2D eigenvalue weighted by Gasteiger charge is 2.44. The molecule has 0 radical (unpaired) electrons. The minimum Gasteiger partial charge on any atom is -0.480 e. The summed E-state index contributed by atoms with van der Waals surface area (Å²) in [5.74, 6) is 0.288. The highest BCUT2D eigenvalue weighted by atomic mass is 19.1. The van der Waals surface area contributed by atoms with E-state index in [1.165, 1.54) is 16.7 Å². The fraction of sp³-hybridized carbons (Fsp3) is 0.412. The highest BCUT2D eigenvalue weighted by Crippen LogP contribution is 2.51. The van der Waals surface area contributed by atoms with Crippen LogP contribution < -0.4 is 5.32 Å². The SMILES string of the molecule is CC(C)[C@H]1c2ccc(F)cc2CC[C@@]1(CCNCCc1ccc(Cc2nc3ccccc3[nH]2)cc1)COCC(=O)O. The molecule has 2 atom stereocenters. The van der Waals surface area contributed by atoms with E-state index in [9.17, 15) is 14.3 Å². The number of carboxylic acid groups (broad SMARTS) is 1. The Kier molecular flexibility index (Phi) is 9.15. The minimum atomic E-state index is -0.957. The van der Waals surface area contributed by atoms with Crippen LogP contribution in [-0.4, -0.2) is 47.3 Å². The van der Waals surface area contributed by atoms with Crippen LogP contribution in [0.5, 0.6) is 0 Å². The maximum absolute atomic E-state index is 14.0. The summed E-state index contributed by atoms with van der Waals surface area (Å²) in [5.41, 5.74) is 6.58. The van der Waals surface area contributed by atoms with Gasteiger partial charge in [-0.05, 0) is 97.1 Å². The predicted octanol–water partition coefficient (Wildman–Crippen LogP) is 6.29. The van der Waals surface area contributed by atoms with Gasteiger partial charge >= 0.3 is 5.97 Å². The van der Waals surface area contributed by atoms with E-state index in [1.807, 2.05) is 30.3 Å². The second-order valence-electron chi connectivity index (χ2n) is 11.8. The first-order chi connectivity index (χ1) is 19.8. The van der Waals surface area contributed by atoms with E-state index in [2.05, 4.69) is 53.4 Å². The van der Waals surface area contributed by atoms with E-state index in [0.29, 0.717) is 12.5 Å². The molecule has 1 heterocycles. The zero-order valence-corrected chi connectivity index (χ0v) is 24.0. The molecular formula is C34H40FN3O3. The smallest absolute Gasteiger partial charge is 0.329 e. The van der Waals surface area contributed by atoms with Gasteiger partial charge in [0, 0.05) is 11.8 Å². The first-order valence-electron chi connectivity index (χ1n) is 14.6. The Morgan fingerprint density at radius 1 is 1.12 bits per heavy atom. The molecule has 3 aromatic carbocycles. The lowest BCUT2D eigenvalue weighted by Gasteiger charge is -2.47. The van der Waals surface area contributed by atoms with Gasteiger partial charge in [-0.1, -0.05) is 56.3 Å². The summed E-state index contributed by atoms with van der Waals surface area (Å²) in [6.07, 6.45) is 4.17. The number of fused-ring (bicyclic) bond motifs is 2. The maximum atomic E-state index is 14.0. The van der Waals surface area contributed by atoms with E-state index in [1.54, 1.807) is 12.1 Å². The molecule has 7 heteroatoms. The highest BCUT2D eigenvalue weighted by molar-refractivity contribution is 5.74. The number of rotatable bonds is 13. The second-order valence-corrected chi connectivity index (χ2v) is 11.8. The number of nitrogens with one attached hydrogen (secondary N) is 2. The van der Waals surface area contributed by atoms with Crippen molar-refractivity contribution in [1.29, 1.82) is 0 Å². The fourth-order valence-electron chi connectivity index (χ4n) is 6.69. The molecular weight excluding hydrogens is 517 g/mol. The minimum absolute atomic E-state index is 0.168. The van der Waals surface area contributed by atoms with Crippen molar-refractivity contribution in [2.75, 3.05) is 26.3 Å². The number of imidazole rings is 1. The molecule has 0 spiro atoms. The number of hydrogen-bond donors (Lipinski definition) is 3. The molecule has 1 aromatic heterocycles. The lowest BCUT2D eigenvalue weighted by atomic mass is 9.59. The summed E-state index contributed by atoms with van der Waals surface area (Å²) in [4.78, 5) is 19.3. The van der Waals surface area contributed by atoms with Gasteiger partial charge in [0.25, 0.3) is 0 Å². The van der Waals surface area contributed by atoms with E-state index in [4.69, 9.17) is 4.74 Å². The Hall–Kier alpha value is -3.55. The first-order valence-corrected chi connectivity index (χ1v) is 14.6. The van der Waals surface area contributed by atoms with Crippen LogP contribution in [0.4, 0.5) is 4.39 Å². The number of nitrogens with zero attached hydrogens (tertiary/aromatic N) is 1. The molecule has 0 fully saturated rings. The van der Waals surface area contributed by atoms with Crippen molar-refractivity contribution in [2.24, 2.45) is 11.3 Å². The molecule has 1 aliphatic rings. The number of halogens is 1. The van der Waals surface area contributed by atoms with Crippen molar-refractivity contribution in [3.63, 3.8) is 0 Å². The van der Waals surface area contributed by atoms with Crippen LogP contribution in [0.25, 0.3) is 11.0 Å². The zero-order valence-electron chi connectivity index (χ0n) is 24.0. The van der Waals surface area contributed by atoms with E-state index in [-0.39, 0.29) is 23.8 Å². The summed E-state index contributed by atoms with van der Waals surface area (Å²) in [6, 6.07) is 21.9. The summed E-state index contributed by atoms with van der Waals surface area (Å²) in [5, 5.41) is 12.8. The third-order valence-electron chi connectivity index (χ3n) is 8.50. The van der Waals surface area contributed by atoms with E-state index >= 15 is 0 Å². The summed E-state index contributed by atoms with van der Waals surface area (Å²) >= 11 is 0. The monoisotopic (exact) mass is 557 g/mol. The van der Waals surface area contributed by atoms with Crippen LogP contribution in [-0.2, 0) is 28.8 Å². The van der Waals surface area contributed by atoms with Crippen molar-refractivity contribution in [2.45, 2.75) is 51.9 Å². The second kappa shape index (κ2) is 13.0. The Morgan fingerprint density at radius 3 is 2.66 bits per heavy atom. The Labute approximate surface area is 241 Å². The van der Waals surface area contributed by atoms with Crippen LogP contribution in [0.2, 0.25) is 0 Å². The van der Waals surface area contributed by atoms with E-state index < -0.39 is 5.97 Å². The van der Waals surface area contributed by atoms with Gasteiger partial charge in [-0.15, -0.1) is 0 Å². The molecule has 6 nitrogen and oxygen atoms in total. The number of aryl methyl sites for hydroxylation is 1. The normalized spacial score (nSPS) is 18.6. The van der Waals surface area contributed by atoms with Crippen molar-refractivity contribution in [3.8, 4) is 0 Å². The van der Waals surface area contributed by atoms with Crippen molar-refractivity contribution < 1.29 is 19.0 Å². The number of carbonyl (C=O) groups is 1. The number of para-hydroxylation sites is 2. The number of H-pyrrole nitrogens is 1. The van der Waals surface area contributed by atoms with Gasteiger partial charge in [0.2, 0.25) is 0 Å².